The van der Waals surface area contributed by atoms with E-state index >= 15 is 0 Å². The molecule has 1 heterocycles. The van der Waals surface area contributed by atoms with Crippen molar-refractivity contribution in [2.45, 2.75) is 51.7 Å². The molecule has 0 aliphatic carbocycles. The first-order valence-electron chi connectivity index (χ1n) is 6.19. The molecule has 0 saturated carbocycles. The molecule has 0 aromatic rings. The van der Waals surface area contributed by atoms with Crippen molar-refractivity contribution in [3.8, 4) is 0 Å². The van der Waals surface area contributed by atoms with Gasteiger partial charge < -0.3 is 14.2 Å². The molecule has 2 atom stereocenters. The van der Waals surface area contributed by atoms with Gasteiger partial charge in [0, 0.05) is 13.2 Å². The Morgan fingerprint density at radius 1 is 0.867 bits per heavy atom. The van der Waals surface area contributed by atoms with Crippen molar-refractivity contribution in [3.63, 3.8) is 0 Å². The molecule has 0 aromatic heterocycles. The van der Waals surface area contributed by atoms with E-state index in [1.54, 1.807) is 0 Å². The largest absolute Gasteiger partial charge is 0.379 e. The molecule has 0 unspecified atom stereocenters. The first-order chi connectivity index (χ1) is 7.38. The van der Waals surface area contributed by atoms with E-state index in [0.717, 1.165) is 39.3 Å². The summed E-state index contributed by atoms with van der Waals surface area (Å²) in [6, 6.07) is 0. The number of hydrogen-bond donors (Lipinski definition) is 0. The Labute approximate surface area is 93.1 Å². The molecule has 3 heteroatoms. The van der Waals surface area contributed by atoms with Crippen LogP contribution in [0.4, 0.5) is 0 Å². The molecule has 0 spiro atoms. The summed E-state index contributed by atoms with van der Waals surface area (Å²) < 4.78 is 16.4. The van der Waals surface area contributed by atoms with Gasteiger partial charge in [-0.05, 0) is 12.8 Å². The van der Waals surface area contributed by atoms with E-state index < -0.39 is 0 Å². The van der Waals surface area contributed by atoms with E-state index in [1.807, 2.05) is 0 Å². The number of ether oxygens (including phenoxy) is 3. The third-order valence-corrected chi connectivity index (χ3v) is 2.54. The fourth-order valence-corrected chi connectivity index (χ4v) is 1.36. The van der Waals surface area contributed by atoms with Crippen LogP contribution in [-0.2, 0) is 14.2 Å². The van der Waals surface area contributed by atoms with Crippen molar-refractivity contribution in [1.29, 1.82) is 0 Å². The van der Waals surface area contributed by atoms with Gasteiger partial charge in [0.05, 0.1) is 13.2 Å². The molecule has 15 heavy (non-hydrogen) atoms. The summed E-state index contributed by atoms with van der Waals surface area (Å²) in [5.74, 6) is 0. The third kappa shape index (κ3) is 6.13. The van der Waals surface area contributed by atoms with Crippen LogP contribution in [0.5, 0.6) is 0 Å². The van der Waals surface area contributed by atoms with Gasteiger partial charge in [-0.2, -0.15) is 0 Å². The van der Waals surface area contributed by atoms with Crippen molar-refractivity contribution in [1.82, 2.24) is 0 Å². The second kappa shape index (κ2) is 8.08. The van der Waals surface area contributed by atoms with E-state index in [4.69, 9.17) is 14.2 Å². The smallest absolute Gasteiger partial charge is 0.110 e. The zero-order valence-corrected chi connectivity index (χ0v) is 10.0. The number of hydrogen-bond acceptors (Lipinski definition) is 3. The van der Waals surface area contributed by atoms with Gasteiger partial charge in [0.2, 0.25) is 0 Å². The lowest BCUT2D eigenvalue weighted by Crippen LogP contribution is -2.10. The number of epoxide rings is 1. The molecule has 0 aromatic carbocycles. The van der Waals surface area contributed by atoms with Gasteiger partial charge >= 0.3 is 0 Å². The van der Waals surface area contributed by atoms with Crippen molar-refractivity contribution in [2.24, 2.45) is 0 Å². The van der Waals surface area contributed by atoms with Crippen LogP contribution in [0.15, 0.2) is 0 Å². The zero-order valence-electron chi connectivity index (χ0n) is 10.0. The van der Waals surface area contributed by atoms with Crippen LogP contribution in [0.25, 0.3) is 0 Å². The first kappa shape index (κ1) is 12.9. The van der Waals surface area contributed by atoms with Crippen molar-refractivity contribution < 1.29 is 14.2 Å². The van der Waals surface area contributed by atoms with E-state index in [1.165, 1.54) is 12.8 Å². The van der Waals surface area contributed by atoms with Crippen LogP contribution in [0.1, 0.15) is 39.5 Å². The lowest BCUT2D eigenvalue weighted by molar-refractivity contribution is 0.112. The molecule has 1 aliphatic heterocycles. The molecule has 1 aliphatic rings. The van der Waals surface area contributed by atoms with Gasteiger partial charge in [0.1, 0.15) is 12.2 Å². The van der Waals surface area contributed by atoms with Crippen LogP contribution < -0.4 is 0 Å². The Hall–Kier alpha value is -0.120. The highest BCUT2D eigenvalue weighted by Crippen LogP contribution is 2.22. The summed E-state index contributed by atoms with van der Waals surface area (Å²) in [5.41, 5.74) is 0. The van der Waals surface area contributed by atoms with Crippen LogP contribution in [0.3, 0.4) is 0 Å². The fourth-order valence-electron chi connectivity index (χ4n) is 1.36. The highest BCUT2D eigenvalue weighted by Gasteiger charge is 2.38. The van der Waals surface area contributed by atoms with Crippen molar-refractivity contribution in [2.75, 3.05) is 26.4 Å². The molecule has 0 bridgehead atoms. The maximum Gasteiger partial charge on any atom is 0.110 e. The molecule has 0 radical (unpaired) electrons. The Morgan fingerprint density at radius 3 is 1.73 bits per heavy atom. The predicted octanol–water partition coefficient (Wildman–Crippen LogP) is 2.39. The van der Waals surface area contributed by atoms with Crippen LogP contribution in [0.2, 0.25) is 0 Å². The summed E-state index contributed by atoms with van der Waals surface area (Å²) in [7, 11) is 0. The molecule has 3 nitrogen and oxygen atoms in total. The maximum atomic E-state index is 5.48. The standard InChI is InChI=1S/C12H24O3/c1-3-5-7-13-9-11-12(15-11)10-14-8-6-4-2/h11-12H,3-10H2,1-2H3/t11-,12-/m0/s1. The molecule has 90 valence electrons. The van der Waals surface area contributed by atoms with Gasteiger partial charge in [-0.25, -0.2) is 0 Å². The maximum absolute atomic E-state index is 5.48. The summed E-state index contributed by atoms with van der Waals surface area (Å²) in [4.78, 5) is 0. The quantitative estimate of drug-likeness (QED) is 0.415. The minimum absolute atomic E-state index is 0.295. The van der Waals surface area contributed by atoms with Crippen LogP contribution in [-0.4, -0.2) is 38.6 Å². The van der Waals surface area contributed by atoms with E-state index in [9.17, 15) is 0 Å². The second-order valence-electron chi connectivity index (χ2n) is 4.07. The molecule has 1 rings (SSSR count). The molecule has 0 N–H and O–H groups in total. The lowest BCUT2D eigenvalue weighted by atomic mass is 10.3. The van der Waals surface area contributed by atoms with Gasteiger partial charge in [-0.15, -0.1) is 0 Å². The molecule has 1 saturated heterocycles. The minimum atomic E-state index is 0.295. The van der Waals surface area contributed by atoms with Crippen molar-refractivity contribution >= 4 is 0 Å². The SMILES string of the molecule is CCCCOC[C@@H]1O[C@H]1COCCCC. The van der Waals surface area contributed by atoms with Crippen molar-refractivity contribution in [3.05, 3.63) is 0 Å². The predicted molar refractivity (Wildman–Crippen MR) is 60.1 cm³/mol. The summed E-state index contributed by atoms with van der Waals surface area (Å²) in [6.07, 6.45) is 5.26. The molecule has 0 amide bonds. The Balaban J connectivity index is 1.81. The molecule has 1 fully saturated rings. The topological polar surface area (TPSA) is 31.0 Å². The van der Waals surface area contributed by atoms with Gasteiger partial charge in [0.25, 0.3) is 0 Å². The summed E-state index contributed by atoms with van der Waals surface area (Å²) in [6.45, 7) is 7.53. The number of unbranched alkanes of at least 4 members (excludes halogenated alkanes) is 2. The van der Waals surface area contributed by atoms with Crippen LogP contribution >= 0.6 is 0 Å². The Kier molecular flexibility index (Phi) is 6.98. The summed E-state index contributed by atoms with van der Waals surface area (Å²) >= 11 is 0. The Morgan fingerprint density at radius 2 is 1.33 bits per heavy atom. The minimum Gasteiger partial charge on any atom is -0.379 e. The fraction of sp³-hybridized carbons (Fsp3) is 1.00. The average Bonchev–Trinajstić information content (AvgIpc) is 2.99. The van der Waals surface area contributed by atoms with E-state index in [0.29, 0.717) is 12.2 Å². The molecular weight excluding hydrogens is 192 g/mol. The second-order valence-corrected chi connectivity index (χ2v) is 4.07. The first-order valence-corrected chi connectivity index (χ1v) is 6.19. The van der Waals surface area contributed by atoms with Gasteiger partial charge in [-0.1, -0.05) is 26.7 Å². The van der Waals surface area contributed by atoms with Gasteiger partial charge in [0.15, 0.2) is 0 Å². The normalized spacial score (nSPS) is 24.4. The average molecular weight is 216 g/mol. The zero-order chi connectivity index (χ0) is 10.9. The lowest BCUT2D eigenvalue weighted by Gasteiger charge is -2.01. The van der Waals surface area contributed by atoms with Gasteiger partial charge in [-0.3, -0.25) is 0 Å². The highest BCUT2D eigenvalue weighted by molar-refractivity contribution is 4.84. The third-order valence-electron chi connectivity index (χ3n) is 2.54. The Bertz CT molecular complexity index is 134. The monoisotopic (exact) mass is 216 g/mol. The number of rotatable bonds is 10. The van der Waals surface area contributed by atoms with E-state index in [-0.39, 0.29) is 0 Å². The molecular formula is C12H24O3. The van der Waals surface area contributed by atoms with Crippen LogP contribution in [0, 0.1) is 0 Å². The van der Waals surface area contributed by atoms with E-state index in [2.05, 4.69) is 13.8 Å². The highest BCUT2D eigenvalue weighted by atomic mass is 16.6. The summed E-state index contributed by atoms with van der Waals surface area (Å²) in [5, 5.41) is 0.